The number of carboxylic acids is 1. The molecule has 6 heteroatoms. The lowest BCUT2D eigenvalue weighted by molar-refractivity contribution is -0.254. The van der Waals surface area contributed by atoms with Crippen molar-refractivity contribution in [2.45, 2.75) is 12.7 Å². The van der Waals surface area contributed by atoms with E-state index in [0.717, 1.165) is 0 Å². The first-order valence-corrected chi connectivity index (χ1v) is 5.25. The first kappa shape index (κ1) is 9.77. The van der Waals surface area contributed by atoms with Crippen LogP contribution in [0.25, 0.3) is 0 Å². The van der Waals surface area contributed by atoms with Gasteiger partial charge in [-0.25, -0.2) is 0 Å². The van der Waals surface area contributed by atoms with E-state index in [-0.39, 0.29) is 15.1 Å². The molecule has 1 aromatic rings. The standard InChI is InChI=1S/C6H5Cl2NO2S/c1-2-12-4(6(10)11)3(7)5(8)9-12/h2H2,1H3. The zero-order chi connectivity index (χ0) is 9.30. The maximum Gasteiger partial charge on any atom is 0.242 e. The Labute approximate surface area is 82.1 Å². The Morgan fingerprint density at radius 3 is 2.58 bits per heavy atom. The van der Waals surface area contributed by atoms with Crippen LogP contribution in [-0.4, -0.2) is 10.3 Å². The van der Waals surface area contributed by atoms with Gasteiger partial charge in [-0.3, -0.25) is 0 Å². The van der Waals surface area contributed by atoms with Crippen LogP contribution >= 0.6 is 33.9 Å². The van der Waals surface area contributed by atoms with Crippen LogP contribution in [0.3, 0.4) is 0 Å². The van der Waals surface area contributed by atoms with Crippen molar-refractivity contribution >= 4 is 39.8 Å². The Balaban J connectivity index is 3.31. The molecule has 1 rings (SSSR count). The van der Waals surface area contributed by atoms with Crippen molar-refractivity contribution in [3.63, 3.8) is 0 Å². The topological polar surface area (TPSA) is 53.0 Å². The van der Waals surface area contributed by atoms with Crippen LogP contribution in [0.1, 0.15) is 16.6 Å². The summed E-state index contributed by atoms with van der Waals surface area (Å²) in [5, 5.41) is 10.6. The number of rotatable bonds is 2. The third-order valence-electron chi connectivity index (χ3n) is 1.27. The van der Waals surface area contributed by atoms with Gasteiger partial charge in [-0.1, -0.05) is 23.2 Å². The molecule has 3 nitrogen and oxygen atoms in total. The summed E-state index contributed by atoms with van der Waals surface area (Å²) in [5.74, 6) is -0.708. The van der Waals surface area contributed by atoms with Gasteiger partial charge in [0.2, 0.25) is 10.0 Å². The summed E-state index contributed by atoms with van der Waals surface area (Å²) in [4.78, 5) is 10.6. The van der Waals surface area contributed by atoms with E-state index >= 15 is 0 Å². The maximum atomic E-state index is 10.5. The van der Waals surface area contributed by atoms with Crippen molar-refractivity contribution in [1.82, 2.24) is 4.37 Å². The Kier molecular flexibility index (Phi) is 2.93. The minimum Gasteiger partial charge on any atom is -0.540 e. The number of carbonyl (C=O) groups excluding carboxylic acids is 1. The van der Waals surface area contributed by atoms with Crippen molar-refractivity contribution in [2.24, 2.45) is 0 Å². The van der Waals surface area contributed by atoms with Crippen LogP contribution in [0.15, 0.2) is 0 Å². The second-order valence-electron chi connectivity index (χ2n) is 1.97. The molecule has 0 aliphatic carbocycles. The number of hydrogen-bond donors (Lipinski definition) is 0. The lowest BCUT2D eigenvalue weighted by Gasteiger charge is -1.92. The number of aryl methyl sites for hydroxylation is 1. The molecule has 0 aliphatic heterocycles. The van der Waals surface area contributed by atoms with E-state index in [1.54, 1.807) is 0 Å². The average Bonchev–Trinajstić information content (AvgIpc) is 2.28. The summed E-state index contributed by atoms with van der Waals surface area (Å²) < 4.78 is 3.87. The van der Waals surface area contributed by atoms with Gasteiger partial charge < -0.3 is 9.90 Å². The van der Waals surface area contributed by atoms with Crippen molar-refractivity contribution in [3.8, 4) is 0 Å². The van der Waals surface area contributed by atoms with Crippen molar-refractivity contribution in [3.05, 3.63) is 15.1 Å². The fourth-order valence-electron chi connectivity index (χ4n) is 0.774. The number of hydrogen-bond acceptors (Lipinski definition) is 3. The Morgan fingerprint density at radius 2 is 2.25 bits per heavy atom. The Morgan fingerprint density at radius 1 is 1.67 bits per heavy atom. The van der Waals surface area contributed by atoms with Crippen molar-refractivity contribution in [1.29, 1.82) is 0 Å². The van der Waals surface area contributed by atoms with Crippen molar-refractivity contribution < 1.29 is 9.90 Å². The molecule has 0 saturated carbocycles. The monoisotopic (exact) mass is 225 g/mol. The minimum atomic E-state index is -1.29. The number of halogens is 2. The Hall–Kier alpha value is -0.320. The van der Waals surface area contributed by atoms with Crippen LogP contribution in [0.4, 0.5) is 0 Å². The quantitative estimate of drug-likeness (QED) is 0.718. The molecule has 12 heavy (non-hydrogen) atoms. The molecule has 0 N–H and O–H groups in total. The van der Waals surface area contributed by atoms with Gasteiger partial charge in [-0.05, 0) is 11.3 Å². The molecule has 0 spiro atoms. The summed E-state index contributed by atoms with van der Waals surface area (Å²) in [6.07, 6.45) is 0. The van der Waals surface area contributed by atoms with Gasteiger partial charge in [0.05, 0.1) is 0 Å². The summed E-state index contributed by atoms with van der Waals surface area (Å²) in [6.45, 7) is 1.81. The zero-order valence-electron chi connectivity index (χ0n) is 6.13. The summed E-state index contributed by atoms with van der Waals surface area (Å²) in [6, 6.07) is 0. The summed E-state index contributed by atoms with van der Waals surface area (Å²) in [5.41, 5.74) is 0. The lowest BCUT2D eigenvalue weighted by Crippen LogP contribution is -2.22. The van der Waals surface area contributed by atoms with Gasteiger partial charge >= 0.3 is 0 Å². The molecule has 0 fully saturated rings. The molecular weight excluding hydrogens is 221 g/mol. The van der Waals surface area contributed by atoms with Gasteiger partial charge in [-0.15, -0.1) is 0 Å². The smallest absolute Gasteiger partial charge is 0.242 e. The molecule has 0 amide bonds. The van der Waals surface area contributed by atoms with Crippen LogP contribution in [0.2, 0.25) is 10.2 Å². The SMILES string of the molecule is CC[s+]1nc(Cl)c(Cl)c1C(=O)[O-]. The van der Waals surface area contributed by atoms with Gasteiger partial charge in [0.25, 0.3) is 0 Å². The van der Waals surface area contributed by atoms with E-state index in [0.29, 0.717) is 5.75 Å². The molecule has 0 aromatic carbocycles. The summed E-state index contributed by atoms with van der Waals surface area (Å²) in [7, 11) is -0.721. The molecule has 0 bridgehead atoms. The molecule has 1 heterocycles. The van der Waals surface area contributed by atoms with Gasteiger partial charge in [0.1, 0.15) is 27.4 Å². The number of aromatic carboxylic acids is 1. The molecular formula is C6H5Cl2NO2S. The fourth-order valence-corrected chi connectivity index (χ4v) is 2.90. The van der Waals surface area contributed by atoms with Crippen LogP contribution in [0, 0.1) is 0 Å². The van der Waals surface area contributed by atoms with Crippen LogP contribution in [0.5, 0.6) is 0 Å². The molecule has 0 aliphatic rings. The van der Waals surface area contributed by atoms with Gasteiger partial charge in [-0.2, -0.15) is 0 Å². The minimum absolute atomic E-state index is 0.0156. The molecule has 1 unspecified atom stereocenters. The summed E-state index contributed by atoms with van der Waals surface area (Å²) >= 11 is 11.2. The van der Waals surface area contributed by atoms with E-state index in [4.69, 9.17) is 23.2 Å². The third kappa shape index (κ3) is 1.55. The highest BCUT2D eigenvalue weighted by molar-refractivity contribution is 7.27. The van der Waals surface area contributed by atoms with E-state index in [1.165, 1.54) is 0 Å². The highest BCUT2D eigenvalue weighted by atomic mass is 35.5. The second kappa shape index (κ2) is 3.60. The molecule has 66 valence electrons. The fraction of sp³-hybridized carbons (Fsp3) is 0.333. The predicted octanol–water partition coefficient (Wildman–Crippen LogP) is 1.52. The van der Waals surface area contributed by atoms with E-state index in [9.17, 15) is 9.90 Å². The first-order chi connectivity index (χ1) is 5.57. The number of carbonyl (C=O) groups is 1. The lowest BCUT2D eigenvalue weighted by atomic mass is 10.5. The zero-order valence-corrected chi connectivity index (χ0v) is 8.46. The van der Waals surface area contributed by atoms with Crippen LogP contribution in [-0.2, 0) is 5.75 Å². The average molecular weight is 226 g/mol. The highest BCUT2D eigenvalue weighted by Crippen LogP contribution is 2.35. The predicted molar refractivity (Wildman–Crippen MR) is 46.7 cm³/mol. The largest absolute Gasteiger partial charge is 0.540 e. The second-order valence-corrected chi connectivity index (χ2v) is 4.60. The first-order valence-electron chi connectivity index (χ1n) is 3.14. The van der Waals surface area contributed by atoms with Crippen molar-refractivity contribution in [2.75, 3.05) is 0 Å². The van der Waals surface area contributed by atoms with Gasteiger partial charge in [0.15, 0.2) is 0 Å². The molecule has 0 radical (unpaired) electrons. The number of aromatic nitrogens is 1. The molecule has 0 saturated heterocycles. The number of nitrogens with zero attached hydrogens (tertiary/aromatic N) is 1. The van der Waals surface area contributed by atoms with Gasteiger partial charge in [0, 0.05) is 0 Å². The normalized spacial score (nSPS) is 11.8. The molecule has 1 atom stereocenters. The maximum absolute atomic E-state index is 10.5. The Bertz CT molecular complexity index is 324. The van der Waals surface area contributed by atoms with E-state index in [1.807, 2.05) is 6.92 Å². The van der Waals surface area contributed by atoms with Crippen LogP contribution < -0.4 is 5.11 Å². The number of carboxylic acid groups (broad SMARTS) is 1. The third-order valence-corrected chi connectivity index (χ3v) is 4.01. The highest BCUT2D eigenvalue weighted by Gasteiger charge is 2.25. The van der Waals surface area contributed by atoms with E-state index in [2.05, 4.69) is 4.37 Å². The van der Waals surface area contributed by atoms with E-state index < -0.39 is 16.6 Å². The molecule has 1 aromatic heterocycles.